The summed E-state index contributed by atoms with van der Waals surface area (Å²) >= 11 is 0. The lowest BCUT2D eigenvalue weighted by Crippen LogP contribution is -2.02. The van der Waals surface area contributed by atoms with Crippen molar-refractivity contribution in [3.05, 3.63) is 41.4 Å². The van der Waals surface area contributed by atoms with Gasteiger partial charge in [0.2, 0.25) is 11.8 Å². The van der Waals surface area contributed by atoms with E-state index in [-0.39, 0.29) is 0 Å². The highest BCUT2D eigenvalue weighted by molar-refractivity contribution is 5.00. The summed E-state index contributed by atoms with van der Waals surface area (Å²) in [5, 5.41) is 11.9. The van der Waals surface area contributed by atoms with Crippen molar-refractivity contribution in [3.63, 3.8) is 0 Å². The van der Waals surface area contributed by atoms with Crippen molar-refractivity contribution in [2.75, 3.05) is 0 Å². The van der Waals surface area contributed by atoms with Gasteiger partial charge in [0.1, 0.15) is 0 Å². The average Bonchev–Trinajstić information content (AvgIpc) is 3.11. The SMILES string of the molecule is Cc1cnn(CCc2nc(Cc3noc(C)n3)no2)c1. The van der Waals surface area contributed by atoms with Crippen molar-refractivity contribution < 1.29 is 9.05 Å². The first-order valence-corrected chi connectivity index (χ1v) is 6.29. The minimum atomic E-state index is 0.404. The lowest BCUT2D eigenvalue weighted by Gasteiger charge is -1.96. The van der Waals surface area contributed by atoms with Crippen molar-refractivity contribution in [1.29, 1.82) is 0 Å². The van der Waals surface area contributed by atoms with Gasteiger partial charge in [-0.2, -0.15) is 15.1 Å². The summed E-state index contributed by atoms with van der Waals surface area (Å²) in [5.41, 5.74) is 1.13. The Morgan fingerprint density at radius 2 is 1.90 bits per heavy atom. The molecule has 0 saturated heterocycles. The third-order valence-corrected chi connectivity index (χ3v) is 2.71. The first-order chi connectivity index (χ1) is 9.69. The Morgan fingerprint density at radius 1 is 1.10 bits per heavy atom. The van der Waals surface area contributed by atoms with E-state index in [0.29, 0.717) is 42.8 Å². The number of aromatic nitrogens is 6. The third-order valence-electron chi connectivity index (χ3n) is 2.71. The van der Waals surface area contributed by atoms with E-state index in [1.807, 2.05) is 24.0 Å². The molecule has 0 N–H and O–H groups in total. The molecule has 0 bridgehead atoms. The van der Waals surface area contributed by atoms with Crippen molar-refractivity contribution in [1.82, 2.24) is 30.1 Å². The minimum Gasteiger partial charge on any atom is -0.340 e. The smallest absolute Gasteiger partial charge is 0.228 e. The topological polar surface area (TPSA) is 95.7 Å². The molecule has 0 aliphatic rings. The van der Waals surface area contributed by atoms with Crippen LogP contribution in [0.1, 0.15) is 29.0 Å². The quantitative estimate of drug-likeness (QED) is 0.687. The fourth-order valence-electron chi connectivity index (χ4n) is 1.82. The summed E-state index contributed by atoms with van der Waals surface area (Å²) in [7, 11) is 0. The fourth-order valence-corrected chi connectivity index (χ4v) is 1.82. The molecule has 0 saturated carbocycles. The zero-order valence-electron chi connectivity index (χ0n) is 11.3. The van der Waals surface area contributed by atoms with Gasteiger partial charge in [0.15, 0.2) is 11.6 Å². The van der Waals surface area contributed by atoms with Crippen LogP contribution in [0.25, 0.3) is 0 Å². The van der Waals surface area contributed by atoms with Gasteiger partial charge in [0, 0.05) is 26.1 Å². The van der Waals surface area contributed by atoms with E-state index in [2.05, 4.69) is 25.4 Å². The highest BCUT2D eigenvalue weighted by Gasteiger charge is 2.11. The van der Waals surface area contributed by atoms with Crippen LogP contribution in [0.4, 0.5) is 0 Å². The monoisotopic (exact) mass is 274 g/mol. The normalized spacial score (nSPS) is 11.1. The van der Waals surface area contributed by atoms with Crippen molar-refractivity contribution >= 4 is 0 Å². The lowest BCUT2D eigenvalue weighted by molar-refractivity contribution is 0.364. The van der Waals surface area contributed by atoms with Crippen LogP contribution in [0.2, 0.25) is 0 Å². The van der Waals surface area contributed by atoms with Crippen molar-refractivity contribution in [3.8, 4) is 0 Å². The zero-order valence-corrected chi connectivity index (χ0v) is 11.3. The lowest BCUT2D eigenvalue weighted by atomic mass is 10.4. The van der Waals surface area contributed by atoms with E-state index >= 15 is 0 Å². The number of hydrogen-bond donors (Lipinski definition) is 0. The molecule has 0 unspecified atom stereocenters. The maximum Gasteiger partial charge on any atom is 0.228 e. The summed E-state index contributed by atoms with van der Waals surface area (Å²) in [6, 6.07) is 0. The molecule has 20 heavy (non-hydrogen) atoms. The second-order valence-electron chi connectivity index (χ2n) is 4.54. The van der Waals surface area contributed by atoms with Gasteiger partial charge in [0.25, 0.3) is 0 Å². The van der Waals surface area contributed by atoms with Gasteiger partial charge in [-0.3, -0.25) is 4.68 Å². The van der Waals surface area contributed by atoms with E-state index in [4.69, 9.17) is 9.05 Å². The molecular formula is C12H14N6O2. The van der Waals surface area contributed by atoms with Crippen molar-refractivity contribution in [2.45, 2.75) is 33.2 Å². The molecule has 0 spiro atoms. The first-order valence-electron chi connectivity index (χ1n) is 6.29. The molecule has 3 rings (SSSR count). The Morgan fingerprint density at radius 3 is 2.60 bits per heavy atom. The summed E-state index contributed by atoms with van der Waals surface area (Å²) in [4.78, 5) is 8.39. The Kier molecular flexibility index (Phi) is 3.28. The van der Waals surface area contributed by atoms with Crippen LogP contribution in [0.3, 0.4) is 0 Å². The highest BCUT2D eigenvalue weighted by atomic mass is 16.5. The van der Waals surface area contributed by atoms with Crippen LogP contribution in [0.15, 0.2) is 21.4 Å². The molecule has 0 atom stereocenters. The molecule has 0 aromatic carbocycles. The third kappa shape index (κ3) is 2.90. The molecule has 8 heteroatoms. The first kappa shape index (κ1) is 12.5. The largest absolute Gasteiger partial charge is 0.340 e. The second kappa shape index (κ2) is 5.24. The zero-order chi connectivity index (χ0) is 13.9. The summed E-state index contributed by atoms with van der Waals surface area (Å²) in [5.74, 6) is 2.21. The van der Waals surface area contributed by atoms with Crippen molar-refractivity contribution in [2.24, 2.45) is 0 Å². The van der Waals surface area contributed by atoms with Crippen LogP contribution < -0.4 is 0 Å². The van der Waals surface area contributed by atoms with Crippen LogP contribution in [-0.2, 0) is 19.4 Å². The minimum absolute atomic E-state index is 0.404. The van der Waals surface area contributed by atoms with Crippen LogP contribution in [0, 0.1) is 13.8 Å². The highest BCUT2D eigenvalue weighted by Crippen LogP contribution is 2.05. The number of nitrogens with zero attached hydrogens (tertiary/aromatic N) is 6. The number of hydrogen-bond acceptors (Lipinski definition) is 7. The molecule has 0 aliphatic heterocycles. The summed E-state index contributed by atoms with van der Waals surface area (Å²) < 4.78 is 11.9. The molecule has 8 nitrogen and oxygen atoms in total. The van der Waals surface area contributed by atoms with Crippen LogP contribution in [0.5, 0.6) is 0 Å². The van der Waals surface area contributed by atoms with E-state index in [0.717, 1.165) is 5.56 Å². The van der Waals surface area contributed by atoms with Crippen LogP contribution >= 0.6 is 0 Å². The standard InChI is InChI=1S/C12H14N6O2/c1-8-6-13-18(7-8)4-3-12-15-11(17-20-12)5-10-14-9(2)19-16-10/h6-7H,3-5H2,1-2H3. The molecule has 3 aromatic rings. The van der Waals surface area contributed by atoms with E-state index in [1.54, 1.807) is 6.92 Å². The molecule has 0 aliphatic carbocycles. The van der Waals surface area contributed by atoms with E-state index in [9.17, 15) is 0 Å². The Hall–Kier alpha value is -2.51. The summed E-state index contributed by atoms with van der Waals surface area (Å²) in [6.07, 6.45) is 4.83. The number of aryl methyl sites for hydroxylation is 4. The maximum atomic E-state index is 5.18. The molecule has 3 aromatic heterocycles. The van der Waals surface area contributed by atoms with E-state index in [1.165, 1.54) is 0 Å². The fraction of sp³-hybridized carbons (Fsp3) is 0.417. The van der Waals surface area contributed by atoms with Gasteiger partial charge in [-0.05, 0) is 12.5 Å². The van der Waals surface area contributed by atoms with Gasteiger partial charge >= 0.3 is 0 Å². The van der Waals surface area contributed by atoms with Gasteiger partial charge < -0.3 is 9.05 Å². The molecule has 104 valence electrons. The van der Waals surface area contributed by atoms with Gasteiger partial charge in [-0.15, -0.1) is 0 Å². The Balaban J connectivity index is 1.59. The Bertz CT molecular complexity index is 698. The predicted octanol–water partition coefficient (Wildman–Crippen LogP) is 1.10. The Labute approximate surface area is 114 Å². The second-order valence-corrected chi connectivity index (χ2v) is 4.54. The molecule has 3 heterocycles. The van der Waals surface area contributed by atoms with Crippen LogP contribution in [-0.4, -0.2) is 30.1 Å². The molecular weight excluding hydrogens is 260 g/mol. The average molecular weight is 274 g/mol. The predicted molar refractivity (Wildman–Crippen MR) is 66.8 cm³/mol. The van der Waals surface area contributed by atoms with Gasteiger partial charge in [-0.1, -0.05) is 10.3 Å². The van der Waals surface area contributed by atoms with Gasteiger partial charge in [-0.25, -0.2) is 0 Å². The maximum absolute atomic E-state index is 5.18. The molecule has 0 radical (unpaired) electrons. The number of rotatable bonds is 5. The molecule has 0 amide bonds. The molecule has 0 fully saturated rings. The van der Waals surface area contributed by atoms with Gasteiger partial charge in [0.05, 0.1) is 12.6 Å². The van der Waals surface area contributed by atoms with E-state index < -0.39 is 0 Å². The summed E-state index contributed by atoms with van der Waals surface area (Å²) in [6.45, 7) is 4.45.